The Labute approximate surface area is 164 Å². The molecule has 1 atom stereocenters. The number of aromatic nitrogens is 7. The van der Waals surface area contributed by atoms with E-state index in [0.29, 0.717) is 11.9 Å². The van der Waals surface area contributed by atoms with Gasteiger partial charge in [0.25, 0.3) is 0 Å². The Morgan fingerprint density at radius 3 is 2.68 bits per heavy atom. The second-order valence-corrected chi connectivity index (χ2v) is 7.25. The predicted molar refractivity (Wildman–Crippen MR) is 106 cm³/mol. The van der Waals surface area contributed by atoms with Crippen molar-refractivity contribution < 1.29 is 0 Å². The lowest BCUT2D eigenvalue weighted by molar-refractivity contribution is 0.372. The molecular formula is C19H25N9. The Kier molecular flexibility index (Phi) is 5.25. The summed E-state index contributed by atoms with van der Waals surface area (Å²) in [6.07, 6.45) is 3.86. The minimum atomic E-state index is 0.0758. The van der Waals surface area contributed by atoms with Crippen molar-refractivity contribution in [3.63, 3.8) is 0 Å². The predicted octanol–water partition coefficient (Wildman–Crippen LogP) is 1.99. The summed E-state index contributed by atoms with van der Waals surface area (Å²) < 4.78 is 0. The van der Waals surface area contributed by atoms with Crippen LogP contribution in [0.5, 0.6) is 0 Å². The van der Waals surface area contributed by atoms with Crippen LogP contribution in [0.2, 0.25) is 0 Å². The molecule has 0 amide bonds. The molecule has 9 nitrogen and oxygen atoms in total. The number of pyridine rings is 1. The molecule has 0 aliphatic carbocycles. The fraction of sp³-hybridized carbons (Fsp3) is 0.474. The molecule has 0 unspecified atom stereocenters. The highest BCUT2D eigenvalue weighted by Crippen LogP contribution is 2.24. The van der Waals surface area contributed by atoms with Crippen LogP contribution in [-0.2, 0) is 0 Å². The number of nitrogens with one attached hydrogen (secondary N) is 2. The molecular weight excluding hydrogens is 354 g/mol. The Hall–Kier alpha value is -2.94. The van der Waals surface area contributed by atoms with Crippen molar-refractivity contribution in [3.8, 4) is 11.3 Å². The number of anilines is 1. The van der Waals surface area contributed by atoms with Crippen LogP contribution < -0.4 is 10.2 Å². The third kappa shape index (κ3) is 3.99. The smallest absolute Gasteiger partial charge is 0.225 e. The van der Waals surface area contributed by atoms with Gasteiger partial charge in [0.05, 0.1) is 11.7 Å². The molecule has 0 radical (unpaired) electrons. The molecule has 0 bridgehead atoms. The third-order valence-electron chi connectivity index (χ3n) is 5.16. The maximum atomic E-state index is 4.81. The molecule has 1 fully saturated rings. The fourth-order valence-corrected chi connectivity index (χ4v) is 3.64. The van der Waals surface area contributed by atoms with Crippen LogP contribution in [0.3, 0.4) is 0 Å². The summed E-state index contributed by atoms with van der Waals surface area (Å²) in [5.41, 5.74) is 3.98. The molecule has 4 heterocycles. The Bertz CT molecular complexity index is 917. The zero-order valence-electron chi connectivity index (χ0n) is 16.4. The normalized spacial score (nSPS) is 16.3. The van der Waals surface area contributed by atoms with Gasteiger partial charge < -0.3 is 10.2 Å². The van der Waals surface area contributed by atoms with Crippen LogP contribution in [0.25, 0.3) is 11.3 Å². The summed E-state index contributed by atoms with van der Waals surface area (Å²) in [5.74, 6) is 1.47. The van der Waals surface area contributed by atoms with Gasteiger partial charge in [0.15, 0.2) is 5.82 Å². The standard InChI is InChI=1S/C19H25N9/c1-12-4-5-16(13(2)21-12)17-6-9-20-19(23-17)28-10-7-15(8-11-28)22-14(3)18-24-26-27-25-18/h4-6,9,14-15,22H,7-8,10-11H2,1-3H3,(H,24,25,26,27)/t14-/m0/s1. The third-order valence-corrected chi connectivity index (χ3v) is 5.16. The van der Waals surface area contributed by atoms with Crippen LogP contribution in [-0.4, -0.2) is 54.7 Å². The zero-order chi connectivity index (χ0) is 19.5. The number of tetrazole rings is 1. The van der Waals surface area contributed by atoms with E-state index in [0.717, 1.165) is 54.5 Å². The Balaban J connectivity index is 1.41. The molecule has 3 aromatic heterocycles. The van der Waals surface area contributed by atoms with E-state index >= 15 is 0 Å². The van der Waals surface area contributed by atoms with Gasteiger partial charge in [-0.1, -0.05) is 5.21 Å². The van der Waals surface area contributed by atoms with Gasteiger partial charge in [-0.25, -0.2) is 9.97 Å². The topological polar surface area (TPSA) is 108 Å². The van der Waals surface area contributed by atoms with E-state index in [4.69, 9.17) is 4.98 Å². The summed E-state index contributed by atoms with van der Waals surface area (Å²) in [6, 6.07) is 6.54. The average Bonchev–Trinajstić information content (AvgIpc) is 3.24. The number of aromatic amines is 1. The fourth-order valence-electron chi connectivity index (χ4n) is 3.64. The van der Waals surface area contributed by atoms with Crippen LogP contribution in [0.1, 0.15) is 43.0 Å². The largest absolute Gasteiger partial charge is 0.341 e. The lowest BCUT2D eigenvalue weighted by Gasteiger charge is -2.33. The van der Waals surface area contributed by atoms with Crippen LogP contribution in [0.15, 0.2) is 24.4 Å². The lowest BCUT2D eigenvalue weighted by atomic mass is 10.0. The Morgan fingerprint density at radius 2 is 1.96 bits per heavy atom. The average molecular weight is 379 g/mol. The number of hydrogen-bond acceptors (Lipinski definition) is 8. The summed E-state index contributed by atoms with van der Waals surface area (Å²) in [4.78, 5) is 16.1. The van der Waals surface area contributed by atoms with E-state index in [-0.39, 0.29) is 6.04 Å². The number of nitrogens with zero attached hydrogens (tertiary/aromatic N) is 7. The summed E-state index contributed by atoms with van der Waals surface area (Å²) in [5, 5.41) is 17.8. The van der Waals surface area contributed by atoms with Gasteiger partial charge in [0.2, 0.25) is 5.95 Å². The number of aryl methyl sites for hydroxylation is 2. The number of hydrogen-bond donors (Lipinski definition) is 2. The van der Waals surface area contributed by atoms with Gasteiger partial charge in [-0.2, -0.15) is 5.21 Å². The van der Waals surface area contributed by atoms with Gasteiger partial charge in [-0.3, -0.25) is 4.98 Å². The van der Waals surface area contributed by atoms with Crippen LogP contribution in [0, 0.1) is 13.8 Å². The van der Waals surface area contributed by atoms with E-state index in [2.05, 4.69) is 53.8 Å². The highest BCUT2D eigenvalue weighted by molar-refractivity contribution is 5.62. The highest BCUT2D eigenvalue weighted by atomic mass is 15.5. The summed E-state index contributed by atoms with van der Waals surface area (Å²) in [7, 11) is 0. The van der Waals surface area contributed by atoms with Crippen molar-refractivity contribution in [2.75, 3.05) is 18.0 Å². The van der Waals surface area contributed by atoms with Gasteiger partial charge in [-0.15, -0.1) is 10.2 Å². The number of H-pyrrole nitrogens is 1. The van der Waals surface area contributed by atoms with E-state index in [1.54, 1.807) is 0 Å². The molecule has 9 heteroatoms. The van der Waals surface area contributed by atoms with Crippen molar-refractivity contribution >= 4 is 5.95 Å². The van der Waals surface area contributed by atoms with Crippen molar-refractivity contribution in [3.05, 3.63) is 41.6 Å². The van der Waals surface area contributed by atoms with Gasteiger partial charge in [-0.05, 0) is 51.8 Å². The van der Waals surface area contributed by atoms with Crippen molar-refractivity contribution in [1.29, 1.82) is 0 Å². The molecule has 0 spiro atoms. The highest BCUT2D eigenvalue weighted by Gasteiger charge is 2.23. The van der Waals surface area contributed by atoms with Crippen molar-refractivity contribution in [2.24, 2.45) is 0 Å². The Morgan fingerprint density at radius 1 is 1.14 bits per heavy atom. The van der Waals surface area contributed by atoms with E-state index in [1.807, 2.05) is 32.2 Å². The molecule has 1 saturated heterocycles. The maximum absolute atomic E-state index is 4.81. The van der Waals surface area contributed by atoms with Crippen molar-refractivity contribution in [2.45, 2.75) is 45.7 Å². The zero-order valence-corrected chi connectivity index (χ0v) is 16.4. The van der Waals surface area contributed by atoms with Gasteiger partial charge >= 0.3 is 0 Å². The minimum absolute atomic E-state index is 0.0758. The number of rotatable bonds is 5. The molecule has 0 aromatic carbocycles. The van der Waals surface area contributed by atoms with E-state index in [1.165, 1.54) is 0 Å². The summed E-state index contributed by atoms with van der Waals surface area (Å²) >= 11 is 0. The molecule has 1 aliphatic rings. The van der Waals surface area contributed by atoms with Gasteiger partial charge in [0.1, 0.15) is 0 Å². The van der Waals surface area contributed by atoms with Crippen LogP contribution in [0.4, 0.5) is 5.95 Å². The van der Waals surface area contributed by atoms with Gasteiger partial charge in [0, 0.05) is 42.3 Å². The second-order valence-electron chi connectivity index (χ2n) is 7.25. The number of piperidine rings is 1. The monoisotopic (exact) mass is 379 g/mol. The molecule has 146 valence electrons. The first kappa shape index (κ1) is 18.4. The first-order chi connectivity index (χ1) is 13.6. The molecule has 1 aliphatic heterocycles. The van der Waals surface area contributed by atoms with E-state index < -0.39 is 0 Å². The molecule has 2 N–H and O–H groups in total. The van der Waals surface area contributed by atoms with E-state index in [9.17, 15) is 0 Å². The first-order valence-electron chi connectivity index (χ1n) is 9.62. The van der Waals surface area contributed by atoms with Crippen LogP contribution >= 0.6 is 0 Å². The molecule has 28 heavy (non-hydrogen) atoms. The molecule has 0 saturated carbocycles. The second kappa shape index (κ2) is 7.97. The summed E-state index contributed by atoms with van der Waals surface area (Å²) in [6.45, 7) is 7.89. The van der Waals surface area contributed by atoms with Crippen molar-refractivity contribution in [1.82, 2.24) is 40.9 Å². The molecule has 4 rings (SSSR count). The quantitative estimate of drug-likeness (QED) is 0.693. The first-order valence-corrected chi connectivity index (χ1v) is 9.62. The maximum Gasteiger partial charge on any atom is 0.225 e. The SMILES string of the molecule is Cc1ccc(-c2ccnc(N3CCC(N[C@@H](C)c4nn[nH]n4)CC3)n2)c(C)n1. The minimum Gasteiger partial charge on any atom is -0.341 e. The lowest BCUT2D eigenvalue weighted by Crippen LogP contribution is -2.44. The molecule has 3 aromatic rings.